The van der Waals surface area contributed by atoms with Crippen molar-refractivity contribution in [2.45, 2.75) is 12.8 Å². The summed E-state index contributed by atoms with van der Waals surface area (Å²) in [7, 11) is 1.67. The molecule has 8 nitrogen and oxygen atoms in total. The molecule has 1 aliphatic rings. The van der Waals surface area contributed by atoms with Crippen molar-refractivity contribution in [2.75, 3.05) is 31.7 Å². The first kappa shape index (κ1) is 15.2. The van der Waals surface area contributed by atoms with Crippen LogP contribution in [0.5, 0.6) is 0 Å². The van der Waals surface area contributed by atoms with Crippen molar-refractivity contribution in [1.82, 2.24) is 4.98 Å². The first-order valence-corrected chi connectivity index (χ1v) is 6.64. The fourth-order valence-corrected chi connectivity index (χ4v) is 2.49. The predicted molar refractivity (Wildman–Crippen MR) is 74.7 cm³/mol. The molecule has 1 aromatic heterocycles. The summed E-state index contributed by atoms with van der Waals surface area (Å²) < 4.78 is 5.13. The van der Waals surface area contributed by atoms with E-state index < -0.39 is 16.6 Å². The number of ether oxygens (including phenoxy) is 1. The molecule has 1 aliphatic heterocycles. The monoisotopic (exact) mass is 295 g/mol. The SMILES string of the molecule is COCC1CCN(c2cc(C(=O)O)c([N+](=O)[O-])cn2)CC1. The van der Waals surface area contributed by atoms with Crippen molar-refractivity contribution in [3.8, 4) is 0 Å². The zero-order chi connectivity index (χ0) is 15.4. The number of carbonyl (C=O) groups is 1. The number of anilines is 1. The molecule has 8 heteroatoms. The molecule has 0 bridgehead atoms. The Balaban J connectivity index is 2.16. The maximum Gasteiger partial charge on any atom is 0.342 e. The van der Waals surface area contributed by atoms with Crippen molar-refractivity contribution in [2.24, 2.45) is 5.92 Å². The van der Waals surface area contributed by atoms with Gasteiger partial charge in [0, 0.05) is 32.9 Å². The van der Waals surface area contributed by atoms with Crippen LogP contribution in [-0.2, 0) is 4.74 Å². The molecule has 2 heterocycles. The predicted octanol–water partition coefficient (Wildman–Crippen LogP) is 1.55. The molecule has 1 aromatic rings. The molecule has 21 heavy (non-hydrogen) atoms. The molecule has 0 saturated carbocycles. The summed E-state index contributed by atoms with van der Waals surface area (Å²) in [6.45, 7) is 2.18. The average molecular weight is 295 g/mol. The maximum absolute atomic E-state index is 11.1. The van der Waals surface area contributed by atoms with Gasteiger partial charge in [-0.25, -0.2) is 9.78 Å². The molecule has 2 rings (SSSR count). The second-order valence-corrected chi connectivity index (χ2v) is 5.01. The van der Waals surface area contributed by atoms with Gasteiger partial charge in [0.1, 0.15) is 17.6 Å². The first-order valence-electron chi connectivity index (χ1n) is 6.64. The van der Waals surface area contributed by atoms with E-state index in [1.54, 1.807) is 7.11 Å². The topological polar surface area (TPSA) is 106 Å². The van der Waals surface area contributed by atoms with Gasteiger partial charge in [-0.05, 0) is 18.8 Å². The van der Waals surface area contributed by atoms with Crippen LogP contribution in [-0.4, -0.2) is 47.8 Å². The molecule has 0 spiro atoms. The number of aromatic carboxylic acids is 1. The van der Waals surface area contributed by atoms with E-state index in [2.05, 4.69) is 4.98 Å². The van der Waals surface area contributed by atoms with Crippen LogP contribution in [0.3, 0.4) is 0 Å². The molecule has 0 atom stereocenters. The van der Waals surface area contributed by atoms with Crippen molar-refractivity contribution in [1.29, 1.82) is 0 Å². The van der Waals surface area contributed by atoms with E-state index in [0.717, 1.165) is 32.1 Å². The third-order valence-corrected chi connectivity index (χ3v) is 3.64. The Morgan fingerprint density at radius 3 is 2.76 bits per heavy atom. The minimum Gasteiger partial charge on any atom is -0.477 e. The molecular weight excluding hydrogens is 278 g/mol. The lowest BCUT2D eigenvalue weighted by Gasteiger charge is -2.32. The molecule has 1 N–H and O–H groups in total. The molecule has 0 amide bonds. The highest BCUT2D eigenvalue weighted by atomic mass is 16.6. The highest BCUT2D eigenvalue weighted by molar-refractivity contribution is 5.93. The molecular formula is C13H17N3O5. The zero-order valence-electron chi connectivity index (χ0n) is 11.7. The van der Waals surface area contributed by atoms with Crippen LogP contribution < -0.4 is 4.90 Å². The Morgan fingerprint density at radius 2 is 2.24 bits per heavy atom. The summed E-state index contributed by atoms with van der Waals surface area (Å²) in [5, 5.41) is 19.9. The first-order chi connectivity index (χ1) is 10.0. The van der Waals surface area contributed by atoms with E-state index >= 15 is 0 Å². The van der Waals surface area contributed by atoms with Crippen molar-refractivity contribution < 1.29 is 19.6 Å². The van der Waals surface area contributed by atoms with E-state index in [9.17, 15) is 14.9 Å². The Bertz CT molecular complexity index is 541. The van der Waals surface area contributed by atoms with Gasteiger partial charge in [-0.3, -0.25) is 10.1 Å². The van der Waals surface area contributed by atoms with Crippen LogP contribution in [0.25, 0.3) is 0 Å². The zero-order valence-corrected chi connectivity index (χ0v) is 11.7. The lowest BCUT2D eigenvalue weighted by Crippen LogP contribution is -2.35. The Kier molecular flexibility index (Phi) is 4.69. The van der Waals surface area contributed by atoms with Gasteiger partial charge in [0.15, 0.2) is 0 Å². The fraction of sp³-hybridized carbons (Fsp3) is 0.538. The van der Waals surface area contributed by atoms with Gasteiger partial charge in [-0.1, -0.05) is 0 Å². The highest BCUT2D eigenvalue weighted by Gasteiger charge is 2.25. The number of carboxylic acids is 1. The van der Waals surface area contributed by atoms with Gasteiger partial charge in [-0.2, -0.15) is 0 Å². The minimum absolute atomic E-state index is 0.330. The number of hydrogen-bond donors (Lipinski definition) is 1. The molecule has 0 radical (unpaired) electrons. The van der Waals surface area contributed by atoms with Gasteiger partial charge < -0.3 is 14.7 Å². The van der Waals surface area contributed by atoms with E-state index in [4.69, 9.17) is 9.84 Å². The number of pyridine rings is 1. The summed E-state index contributed by atoms with van der Waals surface area (Å²) in [6, 6.07) is 1.27. The van der Waals surface area contributed by atoms with Crippen LogP contribution in [0, 0.1) is 16.0 Å². The normalized spacial score (nSPS) is 16.0. The van der Waals surface area contributed by atoms with Gasteiger partial charge in [0.25, 0.3) is 0 Å². The number of rotatable bonds is 5. The number of nitro groups is 1. The summed E-state index contributed by atoms with van der Waals surface area (Å²) in [5.41, 5.74) is -0.815. The largest absolute Gasteiger partial charge is 0.477 e. The standard InChI is InChI=1S/C13H17N3O5/c1-21-8-9-2-4-15(5-3-9)12-6-10(13(17)18)11(7-14-12)16(19)20/h6-7,9H,2-5,8H2,1H3,(H,17,18). The number of nitrogens with zero attached hydrogens (tertiary/aromatic N) is 3. The Morgan fingerprint density at radius 1 is 1.57 bits per heavy atom. The van der Waals surface area contributed by atoms with E-state index in [0.29, 0.717) is 18.3 Å². The van der Waals surface area contributed by atoms with E-state index in [-0.39, 0.29) is 5.56 Å². The third kappa shape index (κ3) is 3.46. The summed E-state index contributed by atoms with van der Waals surface area (Å²) in [4.78, 5) is 27.2. The van der Waals surface area contributed by atoms with Gasteiger partial charge in [-0.15, -0.1) is 0 Å². The van der Waals surface area contributed by atoms with Crippen LogP contribution in [0.4, 0.5) is 11.5 Å². The summed E-state index contributed by atoms with van der Waals surface area (Å²) in [5.74, 6) is -0.364. The smallest absolute Gasteiger partial charge is 0.342 e. The van der Waals surface area contributed by atoms with Crippen LogP contribution in [0.1, 0.15) is 23.2 Å². The van der Waals surface area contributed by atoms with Gasteiger partial charge in [0.05, 0.1) is 4.92 Å². The fourth-order valence-electron chi connectivity index (χ4n) is 2.49. The quantitative estimate of drug-likeness (QED) is 0.648. The van der Waals surface area contributed by atoms with Crippen molar-refractivity contribution >= 4 is 17.5 Å². The van der Waals surface area contributed by atoms with E-state index in [1.165, 1.54) is 6.07 Å². The van der Waals surface area contributed by atoms with Gasteiger partial charge in [0.2, 0.25) is 0 Å². The van der Waals surface area contributed by atoms with Gasteiger partial charge >= 0.3 is 11.7 Å². The second-order valence-electron chi connectivity index (χ2n) is 5.01. The molecule has 1 fully saturated rings. The average Bonchev–Trinajstić information content (AvgIpc) is 2.47. The summed E-state index contributed by atoms with van der Waals surface area (Å²) >= 11 is 0. The minimum atomic E-state index is -1.32. The number of methoxy groups -OCH3 is 1. The lowest BCUT2D eigenvalue weighted by molar-refractivity contribution is -0.385. The molecule has 0 unspecified atom stereocenters. The van der Waals surface area contributed by atoms with Crippen LogP contribution in [0.15, 0.2) is 12.3 Å². The number of hydrogen-bond acceptors (Lipinski definition) is 6. The van der Waals surface area contributed by atoms with E-state index in [1.807, 2.05) is 4.90 Å². The van der Waals surface area contributed by atoms with Crippen molar-refractivity contribution in [3.05, 3.63) is 27.9 Å². The van der Waals surface area contributed by atoms with Crippen LogP contribution in [0.2, 0.25) is 0 Å². The van der Waals surface area contributed by atoms with Crippen molar-refractivity contribution in [3.63, 3.8) is 0 Å². The second kappa shape index (κ2) is 6.49. The summed E-state index contributed by atoms with van der Waals surface area (Å²) in [6.07, 6.45) is 2.86. The number of piperidine rings is 1. The Hall–Kier alpha value is -2.22. The highest BCUT2D eigenvalue weighted by Crippen LogP contribution is 2.26. The lowest BCUT2D eigenvalue weighted by atomic mass is 9.98. The maximum atomic E-state index is 11.1. The molecule has 0 aliphatic carbocycles. The third-order valence-electron chi connectivity index (χ3n) is 3.64. The molecule has 1 saturated heterocycles. The van der Waals surface area contributed by atoms with Crippen LogP contribution >= 0.6 is 0 Å². The number of aromatic nitrogens is 1. The Labute approximate surface area is 121 Å². The molecule has 0 aromatic carbocycles. The molecule has 114 valence electrons. The number of carboxylic acid groups (broad SMARTS) is 1.